The van der Waals surface area contributed by atoms with Gasteiger partial charge >= 0.3 is 0 Å². The van der Waals surface area contributed by atoms with Gasteiger partial charge in [0.05, 0.1) is 12.6 Å². The summed E-state index contributed by atoms with van der Waals surface area (Å²) in [6.07, 6.45) is 6.46. The van der Waals surface area contributed by atoms with Gasteiger partial charge in [-0.25, -0.2) is 0 Å². The van der Waals surface area contributed by atoms with Gasteiger partial charge in [-0.3, -0.25) is 0 Å². The highest BCUT2D eigenvalue weighted by Gasteiger charge is 2.17. The molecule has 0 radical (unpaired) electrons. The number of nitrogens with two attached hydrogens (primary N) is 1. The van der Waals surface area contributed by atoms with E-state index in [0.717, 1.165) is 11.3 Å². The highest BCUT2D eigenvalue weighted by molar-refractivity contribution is 7.12. The number of ether oxygens (including phenoxy) is 1. The first kappa shape index (κ1) is 14.6. The molecule has 1 atom stereocenters. The van der Waals surface area contributed by atoms with E-state index in [1.807, 2.05) is 30.4 Å². The molecule has 1 aliphatic rings. The average molecular weight is 301 g/mol. The molecule has 0 aliphatic heterocycles. The van der Waals surface area contributed by atoms with E-state index in [4.69, 9.17) is 10.5 Å². The molecular weight excluding hydrogens is 278 g/mol. The smallest absolute Gasteiger partial charge is 0.119 e. The number of hydrogen-bond donors (Lipinski definition) is 1. The Morgan fingerprint density at radius 3 is 2.67 bits per heavy atom. The van der Waals surface area contributed by atoms with Crippen LogP contribution >= 0.6 is 11.3 Å². The Hall–Kier alpha value is -1.32. The first-order chi connectivity index (χ1) is 10.3. The van der Waals surface area contributed by atoms with Crippen molar-refractivity contribution in [1.82, 2.24) is 0 Å². The van der Waals surface area contributed by atoms with Gasteiger partial charge in [0.1, 0.15) is 5.75 Å². The first-order valence-electron chi connectivity index (χ1n) is 7.87. The Bertz CT molecular complexity index is 564. The standard InChI is InChI=1S/C18H23NOS/c1-2-20-15-10-8-13(9-11-15)18(19)17-12-14-6-4-3-5-7-16(14)21-17/h8-12,18H,2-7,19H2,1H3. The lowest BCUT2D eigenvalue weighted by Crippen LogP contribution is -2.10. The Kier molecular flexibility index (Phi) is 4.61. The molecule has 0 amide bonds. The summed E-state index contributed by atoms with van der Waals surface area (Å²) >= 11 is 1.91. The van der Waals surface area contributed by atoms with Gasteiger partial charge < -0.3 is 10.5 Å². The Balaban J connectivity index is 1.79. The summed E-state index contributed by atoms with van der Waals surface area (Å²) in [7, 11) is 0. The summed E-state index contributed by atoms with van der Waals surface area (Å²) in [6.45, 7) is 2.70. The van der Waals surface area contributed by atoms with Crippen LogP contribution in [0.25, 0.3) is 0 Å². The first-order valence-corrected chi connectivity index (χ1v) is 8.69. The Morgan fingerprint density at radius 1 is 1.14 bits per heavy atom. The molecule has 0 saturated carbocycles. The van der Waals surface area contributed by atoms with Crippen LogP contribution in [0.4, 0.5) is 0 Å². The molecule has 1 unspecified atom stereocenters. The van der Waals surface area contributed by atoms with Crippen LogP contribution in [0.15, 0.2) is 30.3 Å². The molecule has 1 aromatic carbocycles. The van der Waals surface area contributed by atoms with Gasteiger partial charge in [-0.1, -0.05) is 18.6 Å². The summed E-state index contributed by atoms with van der Waals surface area (Å²) < 4.78 is 5.49. The zero-order chi connectivity index (χ0) is 14.7. The van der Waals surface area contributed by atoms with Crippen molar-refractivity contribution in [2.75, 3.05) is 6.61 Å². The predicted molar refractivity (Wildman–Crippen MR) is 89.2 cm³/mol. The van der Waals surface area contributed by atoms with E-state index in [9.17, 15) is 0 Å². The Labute approximate surface area is 130 Å². The van der Waals surface area contributed by atoms with E-state index >= 15 is 0 Å². The molecule has 0 bridgehead atoms. The lowest BCUT2D eigenvalue weighted by Gasteiger charge is -2.11. The van der Waals surface area contributed by atoms with Crippen molar-refractivity contribution in [3.63, 3.8) is 0 Å². The molecule has 21 heavy (non-hydrogen) atoms. The Morgan fingerprint density at radius 2 is 1.90 bits per heavy atom. The van der Waals surface area contributed by atoms with Crippen LogP contribution in [0, 0.1) is 0 Å². The number of fused-ring (bicyclic) bond motifs is 1. The summed E-state index contributed by atoms with van der Waals surface area (Å²) in [5.41, 5.74) is 9.16. The summed E-state index contributed by atoms with van der Waals surface area (Å²) in [5, 5.41) is 0. The van der Waals surface area contributed by atoms with Crippen molar-refractivity contribution in [3.8, 4) is 5.75 Å². The quantitative estimate of drug-likeness (QED) is 0.846. The molecule has 3 heteroatoms. The average Bonchev–Trinajstić information content (AvgIpc) is 2.79. The maximum atomic E-state index is 6.46. The summed E-state index contributed by atoms with van der Waals surface area (Å²) in [6, 6.07) is 10.5. The number of aryl methyl sites for hydroxylation is 2. The van der Waals surface area contributed by atoms with E-state index in [2.05, 4.69) is 18.2 Å². The van der Waals surface area contributed by atoms with Crippen LogP contribution in [-0.2, 0) is 12.8 Å². The number of rotatable bonds is 4. The van der Waals surface area contributed by atoms with Crippen LogP contribution in [0.3, 0.4) is 0 Å². The van der Waals surface area contributed by atoms with Crippen LogP contribution in [0.5, 0.6) is 5.75 Å². The van der Waals surface area contributed by atoms with Crippen molar-refractivity contribution in [2.24, 2.45) is 5.73 Å². The number of benzene rings is 1. The molecule has 1 aliphatic carbocycles. The highest BCUT2D eigenvalue weighted by atomic mass is 32.1. The minimum absolute atomic E-state index is 0.0161. The molecule has 2 nitrogen and oxygen atoms in total. The van der Waals surface area contributed by atoms with E-state index in [0.29, 0.717) is 6.61 Å². The molecule has 0 saturated heterocycles. The van der Waals surface area contributed by atoms with Crippen molar-refractivity contribution in [2.45, 2.75) is 45.1 Å². The minimum atomic E-state index is -0.0161. The molecule has 1 heterocycles. The van der Waals surface area contributed by atoms with Gasteiger partial charge in [-0.2, -0.15) is 0 Å². The predicted octanol–water partition coefficient (Wildman–Crippen LogP) is 4.46. The van der Waals surface area contributed by atoms with Gasteiger partial charge in [-0.05, 0) is 61.9 Å². The van der Waals surface area contributed by atoms with Crippen LogP contribution in [-0.4, -0.2) is 6.61 Å². The minimum Gasteiger partial charge on any atom is -0.494 e. The zero-order valence-electron chi connectivity index (χ0n) is 12.6. The molecule has 2 N–H and O–H groups in total. The van der Waals surface area contributed by atoms with Crippen LogP contribution in [0.1, 0.15) is 53.1 Å². The summed E-state index contributed by atoms with van der Waals surface area (Å²) in [4.78, 5) is 2.86. The van der Waals surface area contributed by atoms with E-state index in [1.165, 1.54) is 42.5 Å². The van der Waals surface area contributed by atoms with Gasteiger partial charge in [0.25, 0.3) is 0 Å². The topological polar surface area (TPSA) is 35.2 Å². The number of thiophene rings is 1. The van der Waals surface area contributed by atoms with E-state index in [-0.39, 0.29) is 6.04 Å². The van der Waals surface area contributed by atoms with Crippen molar-refractivity contribution in [3.05, 3.63) is 51.2 Å². The van der Waals surface area contributed by atoms with E-state index < -0.39 is 0 Å². The van der Waals surface area contributed by atoms with Crippen molar-refractivity contribution in [1.29, 1.82) is 0 Å². The molecular formula is C18H23NOS. The monoisotopic (exact) mass is 301 g/mol. The zero-order valence-corrected chi connectivity index (χ0v) is 13.4. The van der Waals surface area contributed by atoms with Gasteiger partial charge in [0.15, 0.2) is 0 Å². The normalized spacial score (nSPS) is 16.1. The third kappa shape index (κ3) is 3.30. The maximum absolute atomic E-state index is 6.46. The molecule has 1 aromatic heterocycles. The SMILES string of the molecule is CCOc1ccc(C(N)c2cc3c(s2)CCCCC3)cc1. The maximum Gasteiger partial charge on any atom is 0.119 e. The van der Waals surface area contributed by atoms with Gasteiger partial charge in [-0.15, -0.1) is 11.3 Å². The molecule has 112 valence electrons. The second kappa shape index (κ2) is 6.63. The van der Waals surface area contributed by atoms with Gasteiger partial charge in [0, 0.05) is 9.75 Å². The second-order valence-corrected chi connectivity index (χ2v) is 6.81. The lowest BCUT2D eigenvalue weighted by molar-refractivity contribution is 0.340. The van der Waals surface area contributed by atoms with Crippen molar-refractivity contribution >= 4 is 11.3 Å². The van der Waals surface area contributed by atoms with E-state index in [1.54, 1.807) is 4.88 Å². The van der Waals surface area contributed by atoms with Crippen LogP contribution in [0.2, 0.25) is 0 Å². The molecule has 0 fully saturated rings. The van der Waals surface area contributed by atoms with Crippen molar-refractivity contribution < 1.29 is 4.74 Å². The third-order valence-electron chi connectivity index (χ3n) is 4.12. The fourth-order valence-electron chi connectivity index (χ4n) is 2.95. The van der Waals surface area contributed by atoms with Gasteiger partial charge in [0.2, 0.25) is 0 Å². The lowest BCUT2D eigenvalue weighted by atomic mass is 10.0. The fourth-order valence-corrected chi connectivity index (χ4v) is 4.23. The molecule has 3 rings (SSSR count). The summed E-state index contributed by atoms with van der Waals surface area (Å²) in [5.74, 6) is 0.912. The molecule has 2 aromatic rings. The third-order valence-corrected chi connectivity index (χ3v) is 5.44. The second-order valence-electron chi connectivity index (χ2n) is 5.64. The van der Waals surface area contributed by atoms with Crippen LogP contribution < -0.4 is 10.5 Å². The largest absolute Gasteiger partial charge is 0.494 e. The highest BCUT2D eigenvalue weighted by Crippen LogP contribution is 2.34. The number of hydrogen-bond acceptors (Lipinski definition) is 3. The molecule has 0 spiro atoms. The fraction of sp³-hybridized carbons (Fsp3) is 0.444.